The first-order chi connectivity index (χ1) is 12.5. The van der Waals surface area contributed by atoms with E-state index in [1.165, 1.54) is 12.1 Å². The van der Waals surface area contributed by atoms with Crippen molar-refractivity contribution >= 4 is 11.9 Å². The molecule has 1 amide bonds. The number of benzene rings is 1. The summed E-state index contributed by atoms with van der Waals surface area (Å²) in [6.45, 7) is 2.33. The fourth-order valence-corrected chi connectivity index (χ4v) is 4.23. The van der Waals surface area contributed by atoms with Crippen LogP contribution in [0.5, 0.6) is 0 Å². The Hall–Kier alpha value is -1.95. The number of piperidine rings is 1. The summed E-state index contributed by atoms with van der Waals surface area (Å²) in [6, 6.07) is 6.24. The molecule has 2 saturated heterocycles. The molecule has 1 aromatic rings. The highest BCUT2D eigenvalue weighted by Gasteiger charge is 2.44. The second kappa shape index (κ2) is 8.16. The lowest BCUT2D eigenvalue weighted by Gasteiger charge is -2.42. The van der Waals surface area contributed by atoms with Crippen molar-refractivity contribution in [1.29, 1.82) is 0 Å². The van der Waals surface area contributed by atoms with Gasteiger partial charge in [0.15, 0.2) is 0 Å². The molecule has 2 fully saturated rings. The van der Waals surface area contributed by atoms with Gasteiger partial charge in [0.1, 0.15) is 5.82 Å². The Balaban J connectivity index is 1.79. The molecular weight excluding hydrogens is 337 g/mol. The number of amides is 1. The van der Waals surface area contributed by atoms with Gasteiger partial charge in [0.2, 0.25) is 5.91 Å². The van der Waals surface area contributed by atoms with Crippen LogP contribution in [0.2, 0.25) is 0 Å². The van der Waals surface area contributed by atoms with E-state index in [0.717, 1.165) is 18.4 Å². The standard InChI is InChI=1S/C20H26FNO4/c21-17-6-4-16(5-7-17)20(9-12-26-13-10-20)19(25)22-11-1-2-15(14-22)3-8-18(23)24/h4-7,15H,1-3,8-14H2,(H,23,24)/t15-/m0/s1. The Labute approximate surface area is 153 Å². The Bertz CT molecular complexity index is 640. The monoisotopic (exact) mass is 363 g/mol. The van der Waals surface area contributed by atoms with Gasteiger partial charge in [0.05, 0.1) is 5.41 Å². The number of hydrogen-bond donors (Lipinski definition) is 1. The van der Waals surface area contributed by atoms with Crippen molar-refractivity contribution < 1.29 is 23.8 Å². The van der Waals surface area contributed by atoms with E-state index < -0.39 is 11.4 Å². The summed E-state index contributed by atoms with van der Waals surface area (Å²) in [7, 11) is 0. The number of ether oxygens (including phenoxy) is 1. The van der Waals surface area contributed by atoms with Gasteiger partial charge >= 0.3 is 5.97 Å². The molecular formula is C20H26FNO4. The van der Waals surface area contributed by atoms with Gasteiger partial charge in [-0.2, -0.15) is 0 Å². The van der Waals surface area contributed by atoms with Crippen molar-refractivity contribution in [2.24, 2.45) is 5.92 Å². The number of hydrogen-bond acceptors (Lipinski definition) is 3. The molecule has 0 aliphatic carbocycles. The summed E-state index contributed by atoms with van der Waals surface area (Å²) < 4.78 is 18.9. The lowest BCUT2D eigenvalue weighted by atomic mass is 9.72. The Morgan fingerprint density at radius 1 is 1.23 bits per heavy atom. The predicted octanol–water partition coefficient (Wildman–Crippen LogP) is 2.98. The molecule has 1 atom stereocenters. The van der Waals surface area contributed by atoms with E-state index in [4.69, 9.17) is 9.84 Å². The highest BCUT2D eigenvalue weighted by Crippen LogP contribution is 2.38. The van der Waals surface area contributed by atoms with Gasteiger partial charge in [-0.15, -0.1) is 0 Å². The van der Waals surface area contributed by atoms with Gasteiger partial charge in [-0.25, -0.2) is 4.39 Å². The van der Waals surface area contributed by atoms with Crippen molar-refractivity contribution in [2.75, 3.05) is 26.3 Å². The first-order valence-corrected chi connectivity index (χ1v) is 9.36. The number of carboxylic acids is 1. The number of likely N-dealkylation sites (tertiary alicyclic amines) is 1. The van der Waals surface area contributed by atoms with E-state index in [1.807, 2.05) is 4.90 Å². The summed E-state index contributed by atoms with van der Waals surface area (Å²) in [5.74, 6) is -0.794. The average Bonchev–Trinajstić information content (AvgIpc) is 2.67. The van der Waals surface area contributed by atoms with Crippen molar-refractivity contribution in [3.8, 4) is 0 Å². The van der Waals surface area contributed by atoms with Gasteiger partial charge in [-0.05, 0) is 55.7 Å². The Kier molecular flexibility index (Phi) is 5.91. The number of halogens is 1. The van der Waals surface area contributed by atoms with Crippen molar-refractivity contribution in [1.82, 2.24) is 4.90 Å². The van der Waals surface area contributed by atoms with Crippen LogP contribution in [0.4, 0.5) is 4.39 Å². The molecule has 0 saturated carbocycles. The van der Waals surface area contributed by atoms with E-state index in [-0.39, 0.29) is 24.1 Å². The highest BCUT2D eigenvalue weighted by molar-refractivity contribution is 5.88. The maximum Gasteiger partial charge on any atom is 0.303 e. The summed E-state index contributed by atoms with van der Waals surface area (Å²) in [5, 5.41) is 8.91. The van der Waals surface area contributed by atoms with E-state index >= 15 is 0 Å². The zero-order valence-electron chi connectivity index (χ0n) is 15.0. The predicted molar refractivity (Wildman–Crippen MR) is 94.3 cm³/mol. The zero-order valence-corrected chi connectivity index (χ0v) is 15.0. The largest absolute Gasteiger partial charge is 0.481 e. The normalized spacial score (nSPS) is 22.8. The molecule has 1 aromatic carbocycles. The third-order valence-corrected chi connectivity index (χ3v) is 5.73. The third-order valence-electron chi connectivity index (χ3n) is 5.73. The zero-order chi connectivity index (χ0) is 18.6. The minimum atomic E-state index is -0.791. The fourth-order valence-electron chi connectivity index (χ4n) is 4.23. The number of rotatable bonds is 5. The third kappa shape index (κ3) is 4.06. The number of aliphatic carboxylic acids is 1. The van der Waals surface area contributed by atoms with Gasteiger partial charge in [-0.3, -0.25) is 9.59 Å². The minimum Gasteiger partial charge on any atom is -0.481 e. The van der Waals surface area contributed by atoms with Crippen LogP contribution in [0.15, 0.2) is 24.3 Å². The Morgan fingerprint density at radius 2 is 1.92 bits per heavy atom. The van der Waals surface area contributed by atoms with E-state index in [2.05, 4.69) is 0 Å². The summed E-state index contributed by atoms with van der Waals surface area (Å²) in [4.78, 5) is 26.2. The lowest BCUT2D eigenvalue weighted by Crippen LogP contribution is -2.52. The average molecular weight is 363 g/mol. The van der Waals surface area contributed by atoms with Crippen molar-refractivity contribution in [3.63, 3.8) is 0 Å². The quantitative estimate of drug-likeness (QED) is 0.873. The fraction of sp³-hybridized carbons (Fsp3) is 0.600. The smallest absolute Gasteiger partial charge is 0.303 e. The number of carbonyl (C=O) groups is 2. The summed E-state index contributed by atoms with van der Waals surface area (Å²) >= 11 is 0. The molecule has 2 aliphatic heterocycles. The van der Waals surface area contributed by atoms with E-state index in [1.54, 1.807) is 12.1 Å². The second-order valence-electron chi connectivity index (χ2n) is 7.39. The first kappa shape index (κ1) is 18.8. The molecule has 2 heterocycles. The van der Waals surface area contributed by atoms with Crippen LogP contribution in [-0.4, -0.2) is 48.2 Å². The minimum absolute atomic E-state index is 0.0763. The van der Waals surface area contributed by atoms with E-state index in [0.29, 0.717) is 45.6 Å². The lowest BCUT2D eigenvalue weighted by molar-refractivity contribution is -0.143. The molecule has 0 bridgehead atoms. The second-order valence-corrected chi connectivity index (χ2v) is 7.39. The molecule has 142 valence electrons. The van der Waals surface area contributed by atoms with Crippen LogP contribution in [0.3, 0.4) is 0 Å². The molecule has 1 N–H and O–H groups in total. The molecule has 2 aliphatic rings. The van der Waals surface area contributed by atoms with Crippen LogP contribution in [0.25, 0.3) is 0 Å². The van der Waals surface area contributed by atoms with Crippen LogP contribution in [0.1, 0.15) is 44.1 Å². The van der Waals surface area contributed by atoms with Crippen molar-refractivity contribution in [2.45, 2.75) is 43.9 Å². The topological polar surface area (TPSA) is 66.8 Å². The van der Waals surface area contributed by atoms with Gasteiger partial charge in [0.25, 0.3) is 0 Å². The maximum absolute atomic E-state index is 13.5. The van der Waals surface area contributed by atoms with Crippen LogP contribution in [0, 0.1) is 11.7 Å². The Morgan fingerprint density at radius 3 is 2.58 bits per heavy atom. The van der Waals surface area contributed by atoms with E-state index in [9.17, 15) is 14.0 Å². The molecule has 0 radical (unpaired) electrons. The number of nitrogens with zero attached hydrogens (tertiary/aromatic N) is 1. The highest BCUT2D eigenvalue weighted by atomic mass is 19.1. The molecule has 0 aromatic heterocycles. The number of carboxylic acid groups (broad SMARTS) is 1. The molecule has 0 unspecified atom stereocenters. The summed E-state index contributed by atoms with van der Waals surface area (Å²) in [6.07, 6.45) is 3.78. The maximum atomic E-state index is 13.5. The molecule has 0 spiro atoms. The van der Waals surface area contributed by atoms with Crippen LogP contribution >= 0.6 is 0 Å². The summed E-state index contributed by atoms with van der Waals surface area (Å²) in [5.41, 5.74) is 0.181. The first-order valence-electron chi connectivity index (χ1n) is 9.36. The van der Waals surface area contributed by atoms with Gasteiger partial charge in [0, 0.05) is 32.7 Å². The molecule has 26 heavy (non-hydrogen) atoms. The van der Waals surface area contributed by atoms with Crippen LogP contribution in [-0.2, 0) is 19.7 Å². The van der Waals surface area contributed by atoms with Crippen LogP contribution < -0.4 is 0 Å². The van der Waals surface area contributed by atoms with Crippen molar-refractivity contribution in [3.05, 3.63) is 35.6 Å². The molecule has 6 heteroatoms. The van der Waals surface area contributed by atoms with Gasteiger partial charge in [-0.1, -0.05) is 12.1 Å². The van der Waals surface area contributed by atoms with Gasteiger partial charge < -0.3 is 14.7 Å². The SMILES string of the molecule is O=C(O)CC[C@@H]1CCCN(C(=O)C2(c3ccc(F)cc3)CCOCC2)C1. The molecule has 3 rings (SSSR count). The molecule has 5 nitrogen and oxygen atoms in total. The number of carbonyl (C=O) groups excluding carboxylic acids is 1.